The third kappa shape index (κ3) is 3.10. The number of hydrogen-bond donors (Lipinski definition) is 1. The Morgan fingerprint density at radius 2 is 1.71 bits per heavy atom. The van der Waals surface area contributed by atoms with Gasteiger partial charge in [-0.3, -0.25) is 9.59 Å². The second kappa shape index (κ2) is 5.99. The van der Waals surface area contributed by atoms with E-state index in [1.165, 1.54) is 10.6 Å². The predicted octanol–water partition coefficient (Wildman–Crippen LogP) is 2.95. The maximum absolute atomic E-state index is 12.8. The first-order valence-electron chi connectivity index (χ1n) is 7.24. The van der Waals surface area contributed by atoms with Crippen molar-refractivity contribution in [1.29, 1.82) is 0 Å². The third-order valence-corrected chi connectivity index (χ3v) is 3.77. The highest BCUT2D eigenvalue weighted by Crippen LogP contribution is 2.30. The number of nitrogens with zero attached hydrogens (tertiary/aromatic N) is 1. The van der Waals surface area contributed by atoms with E-state index in [0.29, 0.717) is 6.42 Å². The molecule has 24 heavy (non-hydrogen) atoms. The van der Waals surface area contributed by atoms with Crippen molar-refractivity contribution < 1.29 is 13.2 Å². The van der Waals surface area contributed by atoms with E-state index < -0.39 is 22.9 Å². The summed E-state index contributed by atoms with van der Waals surface area (Å²) in [4.78, 5) is 26.1. The van der Waals surface area contributed by atoms with Gasteiger partial charge in [0.15, 0.2) is 0 Å². The van der Waals surface area contributed by atoms with Gasteiger partial charge >= 0.3 is 17.3 Å². The maximum atomic E-state index is 12.8. The number of benzene rings is 2. The molecule has 4 nitrogen and oxygen atoms in total. The summed E-state index contributed by atoms with van der Waals surface area (Å²) in [6.07, 6.45) is -4.03. The average molecular weight is 334 g/mol. The van der Waals surface area contributed by atoms with Crippen LogP contribution in [0.3, 0.4) is 0 Å². The highest BCUT2D eigenvalue weighted by molar-refractivity contribution is 5.75. The highest BCUT2D eigenvalue weighted by atomic mass is 19.4. The van der Waals surface area contributed by atoms with Crippen LogP contribution in [-0.4, -0.2) is 9.55 Å². The summed E-state index contributed by atoms with van der Waals surface area (Å²) in [5, 5.41) is 0. The summed E-state index contributed by atoms with van der Waals surface area (Å²) >= 11 is 0. The van der Waals surface area contributed by atoms with Crippen molar-refractivity contribution in [3.8, 4) is 0 Å². The molecular formula is C17H13F3N2O2. The van der Waals surface area contributed by atoms with Crippen LogP contribution in [0.25, 0.3) is 11.0 Å². The number of aryl methyl sites for hydroxylation is 2. The summed E-state index contributed by atoms with van der Waals surface area (Å²) < 4.78 is 39.6. The number of alkyl halides is 3. The minimum absolute atomic E-state index is 0.0116. The Morgan fingerprint density at radius 1 is 1.00 bits per heavy atom. The fraction of sp³-hybridized carbons (Fsp3) is 0.176. The fourth-order valence-corrected chi connectivity index (χ4v) is 2.56. The molecule has 1 N–H and O–H groups in total. The minimum atomic E-state index is -4.52. The van der Waals surface area contributed by atoms with Crippen molar-refractivity contribution >= 4 is 11.0 Å². The molecule has 0 aliphatic heterocycles. The van der Waals surface area contributed by atoms with Crippen molar-refractivity contribution in [1.82, 2.24) is 9.55 Å². The van der Waals surface area contributed by atoms with Gasteiger partial charge < -0.3 is 9.55 Å². The molecular weight excluding hydrogens is 321 g/mol. The monoisotopic (exact) mass is 334 g/mol. The van der Waals surface area contributed by atoms with E-state index in [9.17, 15) is 22.8 Å². The van der Waals surface area contributed by atoms with Crippen LogP contribution in [0, 0.1) is 0 Å². The molecule has 0 unspecified atom stereocenters. The molecule has 3 rings (SSSR count). The van der Waals surface area contributed by atoms with E-state index in [1.54, 1.807) is 0 Å². The van der Waals surface area contributed by atoms with Crippen molar-refractivity contribution in [3.63, 3.8) is 0 Å². The highest BCUT2D eigenvalue weighted by Gasteiger charge is 2.30. The van der Waals surface area contributed by atoms with Crippen LogP contribution in [0.1, 0.15) is 11.1 Å². The van der Waals surface area contributed by atoms with Crippen molar-refractivity contribution in [2.45, 2.75) is 19.1 Å². The van der Waals surface area contributed by atoms with Gasteiger partial charge in [-0.25, -0.2) is 0 Å². The molecule has 0 saturated heterocycles. The molecule has 0 aliphatic rings. The van der Waals surface area contributed by atoms with E-state index in [1.807, 2.05) is 30.3 Å². The second-order valence-corrected chi connectivity index (χ2v) is 5.38. The molecule has 1 heterocycles. The molecule has 0 aliphatic carbocycles. The lowest BCUT2D eigenvalue weighted by molar-refractivity contribution is -0.137. The van der Waals surface area contributed by atoms with Gasteiger partial charge in [-0.1, -0.05) is 30.3 Å². The van der Waals surface area contributed by atoms with Gasteiger partial charge in [0.1, 0.15) is 0 Å². The van der Waals surface area contributed by atoms with Crippen LogP contribution in [0.4, 0.5) is 13.2 Å². The Labute approximate surface area is 134 Å². The first kappa shape index (κ1) is 16.0. The zero-order valence-corrected chi connectivity index (χ0v) is 12.4. The van der Waals surface area contributed by atoms with Crippen LogP contribution in [-0.2, 0) is 19.1 Å². The summed E-state index contributed by atoms with van der Waals surface area (Å²) in [7, 11) is 0. The molecule has 0 fully saturated rings. The standard InChI is InChI=1S/C17H13F3N2O2/c18-17(19,20)12-6-7-14-13(10-12)21-15(23)16(24)22(14)9-8-11-4-2-1-3-5-11/h1-7,10H,8-9H2,(H,21,23). The Hall–Kier alpha value is -2.83. The molecule has 0 spiro atoms. The lowest BCUT2D eigenvalue weighted by Gasteiger charge is -2.12. The molecule has 7 heteroatoms. The zero-order valence-electron chi connectivity index (χ0n) is 12.4. The molecule has 0 saturated carbocycles. The number of fused-ring (bicyclic) bond motifs is 1. The number of aromatic amines is 1. The third-order valence-electron chi connectivity index (χ3n) is 3.77. The van der Waals surface area contributed by atoms with E-state index in [-0.39, 0.29) is 17.6 Å². The molecule has 124 valence electrons. The van der Waals surface area contributed by atoms with Crippen LogP contribution >= 0.6 is 0 Å². The van der Waals surface area contributed by atoms with Gasteiger partial charge in [0.2, 0.25) is 0 Å². The Morgan fingerprint density at radius 3 is 2.38 bits per heavy atom. The smallest absolute Gasteiger partial charge is 0.316 e. The van der Waals surface area contributed by atoms with Crippen molar-refractivity contribution in [2.75, 3.05) is 0 Å². The topological polar surface area (TPSA) is 54.9 Å². The zero-order chi connectivity index (χ0) is 17.3. The first-order valence-corrected chi connectivity index (χ1v) is 7.24. The van der Waals surface area contributed by atoms with Gasteiger partial charge in [-0.2, -0.15) is 13.2 Å². The lowest BCUT2D eigenvalue weighted by atomic mass is 10.1. The van der Waals surface area contributed by atoms with E-state index >= 15 is 0 Å². The number of hydrogen-bond acceptors (Lipinski definition) is 2. The summed E-state index contributed by atoms with van der Waals surface area (Å²) in [6, 6.07) is 12.3. The number of aromatic nitrogens is 2. The number of nitrogens with one attached hydrogen (secondary N) is 1. The lowest BCUT2D eigenvalue weighted by Crippen LogP contribution is -2.36. The van der Waals surface area contributed by atoms with Gasteiger partial charge in [0, 0.05) is 6.54 Å². The quantitative estimate of drug-likeness (QED) is 0.749. The fourth-order valence-electron chi connectivity index (χ4n) is 2.56. The Bertz CT molecular complexity index is 989. The molecule has 1 aromatic heterocycles. The van der Waals surface area contributed by atoms with Gasteiger partial charge in [0.05, 0.1) is 16.6 Å². The van der Waals surface area contributed by atoms with Crippen molar-refractivity contribution in [3.05, 3.63) is 80.4 Å². The predicted molar refractivity (Wildman–Crippen MR) is 84.0 cm³/mol. The average Bonchev–Trinajstić information content (AvgIpc) is 2.55. The summed E-state index contributed by atoms with van der Waals surface area (Å²) in [5.74, 6) is 0. The summed E-state index contributed by atoms with van der Waals surface area (Å²) in [5.41, 5.74) is -1.37. The Balaban J connectivity index is 2.07. The van der Waals surface area contributed by atoms with Crippen LogP contribution in [0.5, 0.6) is 0 Å². The number of H-pyrrole nitrogens is 1. The van der Waals surface area contributed by atoms with Crippen molar-refractivity contribution in [2.24, 2.45) is 0 Å². The largest absolute Gasteiger partial charge is 0.416 e. The van der Waals surface area contributed by atoms with Crippen LogP contribution < -0.4 is 11.1 Å². The summed E-state index contributed by atoms with van der Waals surface area (Å²) in [6.45, 7) is 0.203. The van der Waals surface area contributed by atoms with Gasteiger partial charge in [-0.05, 0) is 30.2 Å². The van der Waals surface area contributed by atoms with Crippen LogP contribution in [0.15, 0.2) is 58.1 Å². The number of rotatable bonds is 3. The van der Waals surface area contributed by atoms with Gasteiger partial charge in [-0.15, -0.1) is 0 Å². The molecule has 0 atom stereocenters. The second-order valence-electron chi connectivity index (χ2n) is 5.38. The molecule has 0 bridgehead atoms. The van der Waals surface area contributed by atoms with Crippen LogP contribution in [0.2, 0.25) is 0 Å². The maximum Gasteiger partial charge on any atom is 0.416 e. The SMILES string of the molecule is O=c1[nH]c2cc(C(F)(F)F)ccc2n(CCc2ccccc2)c1=O. The molecule has 3 aromatic rings. The molecule has 0 amide bonds. The van der Waals surface area contributed by atoms with E-state index in [4.69, 9.17) is 0 Å². The van der Waals surface area contributed by atoms with E-state index in [0.717, 1.165) is 17.7 Å². The normalized spacial score (nSPS) is 11.8. The number of halogens is 3. The first-order chi connectivity index (χ1) is 11.4. The van der Waals surface area contributed by atoms with Gasteiger partial charge in [0.25, 0.3) is 0 Å². The van der Waals surface area contributed by atoms with E-state index in [2.05, 4.69) is 4.98 Å². The Kier molecular flexibility index (Phi) is 4.01. The minimum Gasteiger partial charge on any atom is -0.316 e. The molecule has 2 aromatic carbocycles. The molecule has 0 radical (unpaired) electrons.